The summed E-state index contributed by atoms with van der Waals surface area (Å²) in [6.07, 6.45) is -0.0167. The van der Waals surface area contributed by atoms with Gasteiger partial charge in [0.2, 0.25) is 0 Å². The fraction of sp³-hybridized carbons (Fsp3) is 0.917. The van der Waals surface area contributed by atoms with Gasteiger partial charge in [-0.15, -0.1) is 0 Å². The molecule has 94 valence electrons. The molecule has 1 heterocycles. The van der Waals surface area contributed by atoms with E-state index in [1.807, 2.05) is 0 Å². The third-order valence-corrected chi connectivity index (χ3v) is 2.91. The number of rotatable bonds is 1. The molecule has 0 bridgehead atoms. The number of hydrogen-bond donors (Lipinski definition) is 1. The third kappa shape index (κ3) is 2.74. The lowest BCUT2D eigenvalue weighted by atomic mass is 9.93. The molecule has 1 aliphatic rings. The lowest BCUT2D eigenvalue weighted by molar-refractivity contribution is -0.182. The van der Waals surface area contributed by atoms with E-state index in [0.717, 1.165) is 0 Å². The van der Waals surface area contributed by atoms with Gasteiger partial charge < -0.3 is 14.6 Å². The van der Waals surface area contributed by atoms with Gasteiger partial charge in [0.15, 0.2) is 5.79 Å². The molecule has 3 atom stereocenters. The van der Waals surface area contributed by atoms with E-state index in [-0.39, 0.29) is 12.1 Å². The first-order valence-corrected chi connectivity index (χ1v) is 5.60. The highest BCUT2D eigenvalue weighted by molar-refractivity contribution is 5.75. The number of ether oxygens (including phenoxy) is 2. The number of aliphatic hydroxyl groups is 1. The molecule has 0 aliphatic carbocycles. The first-order chi connectivity index (χ1) is 6.96. The molecule has 1 rings (SSSR count). The molecule has 16 heavy (non-hydrogen) atoms. The van der Waals surface area contributed by atoms with Gasteiger partial charge in [-0.05, 0) is 41.5 Å². The fourth-order valence-corrected chi connectivity index (χ4v) is 1.83. The van der Waals surface area contributed by atoms with E-state index in [1.54, 1.807) is 41.5 Å². The maximum Gasteiger partial charge on any atom is 0.311 e. The number of esters is 1. The minimum atomic E-state index is -1.22. The van der Waals surface area contributed by atoms with Crippen molar-refractivity contribution in [2.75, 3.05) is 0 Å². The third-order valence-electron chi connectivity index (χ3n) is 2.91. The van der Waals surface area contributed by atoms with Gasteiger partial charge in [0.05, 0.1) is 11.5 Å². The fourth-order valence-electron chi connectivity index (χ4n) is 1.83. The highest BCUT2D eigenvalue weighted by Gasteiger charge is 2.51. The topological polar surface area (TPSA) is 55.8 Å². The monoisotopic (exact) mass is 230 g/mol. The van der Waals surface area contributed by atoms with Crippen LogP contribution in [-0.2, 0) is 14.3 Å². The zero-order valence-corrected chi connectivity index (χ0v) is 11.0. The summed E-state index contributed by atoms with van der Waals surface area (Å²) in [5.41, 5.74) is -1.30. The summed E-state index contributed by atoms with van der Waals surface area (Å²) in [6, 6.07) is 0. The van der Waals surface area contributed by atoms with Crippen molar-refractivity contribution in [3.8, 4) is 0 Å². The second kappa shape index (κ2) is 3.70. The molecule has 0 aromatic heterocycles. The van der Waals surface area contributed by atoms with Crippen molar-refractivity contribution in [1.29, 1.82) is 0 Å². The highest BCUT2D eigenvalue weighted by atomic mass is 16.7. The first kappa shape index (κ1) is 13.5. The number of hydrogen-bond acceptors (Lipinski definition) is 4. The van der Waals surface area contributed by atoms with Crippen LogP contribution in [0.5, 0.6) is 0 Å². The van der Waals surface area contributed by atoms with Crippen LogP contribution in [0.25, 0.3) is 0 Å². The quantitative estimate of drug-likeness (QED) is 0.698. The Morgan fingerprint density at radius 3 is 2.25 bits per heavy atom. The smallest absolute Gasteiger partial charge is 0.311 e. The Kier molecular flexibility index (Phi) is 3.12. The molecule has 4 nitrogen and oxygen atoms in total. The molecular formula is C12H22O4. The maximum absolute atomic E-state index is 11.8. The van der Waals surface area contributed by atoms with Crippen LogP contribution in [-0.4, -0.2) is 28.6 Å². The van der Waals surface area contributed by atoms with Crippen molar-refractivity contribution in [3.05, 3.63) is 0 Å². The lowest BCUT2D eigenvalue weighted by Gasteiger charge is -2.30. The van der Waals surface area contributed by atoms with Gasteiger partial charge in [0, 0.05) is 6.42 Å². The molecule has 0 aromatic rings. The van der Waals surface area contributed by atoms with Gasteiger partial charge in [0.25, 0.3) is 0 Å². The molecule has 4 heteroatoms. The zero-order valence-electron chi connectivity index (χ0n) is 11.0. The standard InChI is InChI=1S/C12H22O4/c1-8-11(5,7-12(6,14)15-8)16-9(13)10(2,3)4/h8,14H,7H2,1-6H3. The minimum Gasteiger partial charge on any atom is -0.456 e. The second-order valence-electron chi connectivity index (χ2n) is 6.06. The normalized spacial score (nSPS) is 39.8. The Labute approximate surface area is 96.9 Å². The van der Waals surface area contributed by atoms with E-state index in [1.165, 1.54) is 0 Å². The molecule has 0 radical (unpaired) electrons. The summed E-state index contributed by atoms with van der Waals surface area (Å²) in [5.74, 6) is -1.49. The van der Waals surface area contributed by atoms with E-state index >= 15 is 0 Å². The average molecular weight is 230 g/mol. The molecule has 0 aromatic carbocycles. The second-order valence-corrected chi connectivity index (χ2v) is 6.06. The van der Waals surface area contributed by atoms with Crippen LogP contribution in [0.3, 0.4) is 0 Å². The Morgan fingerprint density at radius 2 is 1.94 bits per heavy atom. The maximum atomic E-state index is 11.8. The summed E-state index contributed by atoms with van der Waals surface area (Å²) in [5, 5.41) is 9.80. The number of carbonyl (C=O) groups excluding carboxylic acids is 1. The summed E-state index contributed by atoms with van der Waals surface area (Å²) in [7, 11) is 0. The lowest BCUT2D eigenvalue weighted by Crippen LogP contribution is -2.41. The Hall–Kier alpha value is -0.610. The van der Waals surface area contributed by atoms with E-state index in [9.17, 15) is 9.90 Å². The molecule has 1 aliphatic heterocycles. The molecule has 1 N–H and O–H groups in total. The van der Waals surface area contributed by atoms with Crippen molar-refractivity contribution in [1.82, 2.24) is 0 Å². The van der Waals surface area contributed by atoms with Crippen LogP contribution in [0.1, 0.15) is 48.0 Å². The SMILES string of the molecule is CC1OC(C)(O)CC1(C)OC(=O)C(C)(C)C. The average Bonchev–Trinajstić information content (AvgIpc) is 2.17. The van der Waals surface area contributed by atoms with Crippen LogP contribution in [0, 0.1) is 5.41 Å². The summed E-state index contributed by atoms with van der Waals surface area (Å²) in [4.78, 5) is 11.8. The molecule has 1 fully saturated rings. The summed E-state index contributed by atoms with van der Waals surface area (Å²) < 4.78 is 10.8. The van der Waals surface area contributed by atoms with Crippen molar-refractivity contribution in [3.63, 3.8) is 0 Å². The van der Waals surface area contributed by atoms with E-state index in [2.05, 4.69) is 0 Å². The van der Waals surface area contributed by atoms with Gasteiger partial charge in [-0.2, -0.15) is 0 Å². The predicted molar refractivity (Wildman–Crippen MR) is 59.7 cm³/mol. The van der Waals surface area contributed by atoms with Crippen molar-refractivity contribution in [2.24, 2.45) is 5.41 Å². The van der Waals surface area contributed by atoms with E-state index in [0.29, 0.717) is 6.42 Å². The molecule has 0 spiro atoms. The molecular weight excluding hydrogens is 208 g/mol. The van der Waals surface area contributed by atoms with Gasteiger partial charge in [-0.1, -0.05) is 0 Å². The zero-order chi connectivity index (χ0) is 12.8. The Morgan fingerprint density at radius 1 is 1.44 bits per heavy atom. The van der Waals surface area contributed by atoms with Crippen molar-refractivity contribution < 1.29 is 19.4 Å². The minimum absolute atomic E-state index is 0.275. The van der Waals surface area contributed by atoms with Crippen LogP contribution in [0.4, 0.5) is 0 Å². The molecule has 3 unspecified atom stereocenters. The Balaban J connectivity index is 2.78. The molecule has 0 amide bonds. The van der Waals surface area contributed by atoms with Gasteiger partial charge in [0.1, 0.15) is 5.60 Å². The van der Waals surface area contributed by atoms with E-state index < -0.39 is 16.8 Å². The first-order valence-electron chi connectivity index (χ1n) is 5.60. The van der Waals surface area contributed by atoms with Gasteiger partial charge in [-0.3, -0.25) is 4.79 Å². The van der Waals surface area contributed by atoms with Crippen LogP contribution in [0.15, 0.2) is 0 Å². The summed E-state index contributed by atoms with van der Waals surface area (Å²) >= 11 is 0. The van der Waals surface area contributed by atoms with Crippen molar-refractivity contribution >= 4 is 5.97 Å². The largest absolute Gasteiger partial charge is 0.456 e. The Bertz CT molecular complexity index is 290. The van der Waals surface area contributed by atoms with Crippen molar-refractivity contribution in [2.45, 2.75) is 65.5 Å². The van der Waals surface area contributed by atoms with E-state index in [4.69, 9.17) is 9.47 Å². The number of carbonyl (C=O) groups is 1. The molecule has 0 saturated carbocycles. The van der Waals surface area contributed by atoms with Gasteiger partial charge >= 0.3 is 5.97 Å². The highest BCUT2D eigenvalue weighted by Crippen LogP contribution is 2.39. The molecule has 1 saturated heterocycles. The van der Waals surface area contributed by atoms with Crippen LogP contribution < -0.4 is 0 Å². The van der Waals surface area contributed by atoms with Gasteiger partial charge in [-0.25, -0.2) is 0 Å². The predicted octanol–water partition coefficient (Wildman–Crippen LogP) is 1.85. The van der Waals surface area contributed by atoms with Crippen LogP contribution in [0.2, 0.25) is 0 Å². The summed E-state index contributed by atoms with van der Waals surface area (Å²) in [6.45, 7) is 10.6. The van der Waals surface area contributed by atoms with Crippen LogP contribution >= 0.6 is 0 Å².